The second-order valence-corrected chi connectivity index (χ2v) is 8.56. The van der Waals surface area contributed by atoms with Crippen LogP contribution in [0.2, 0.25) is 0 Å². The summed E-state index contributed by atoms with van der Waals surface area (Å²) in [6.45, 7) is 4.14. The maximum Gasteiger partial charge on any atom is 0.234 e. The number of hydrogen-bond donors (Lipinski definition) is 1. The standard InChI is InChI=1S/C20H21N3OS2/c1-3-13-7-4-6-12(2)18(13)23-16(24)10-25-19-17-14-8-5-9-15(14)26-20(17)22-11-21-19/h4,6-7,11H,3,5,8-10H2,1-2H3,(H,23,24). The van der Waals surface area contributed by atoms with Crippen molar-refractivity contribution in [2.75, 3.05) is 11.1 Å². The number of carbonyl (C=O) groups is 1. The quantitative estimate of drug-likeness (QED) is 0.509. The summed E-state index contributed by atoms with van der Waals surface area (Å²) in [5.74, 6) is 0.367. The Morgan fingerprint density at radius 2 is 2.19 bits per heavy atom. The molecule has 0 saturated heterocycles. The summed E-state index contributed by atoms with van der Waals surface area (Å²) in [6, 6.07) is 6.14. The summed E-state index contributed by atoms with van der Waals surface area (Å²) in [6.07, 6.45) is 5.98. The molecule has 0 spiro atoms. The maximum atomic E-state index is 12.5. The van der Waals surface area contributed by atoms with Gasteiger partial charge in [0, 0.05) is 16.0 Å². The molecule has 1 aliphatic carbocycles. The number of benzene rings is 1. The first-order valence-corrected chi connectivity index (χ1v) is 10.7. The lowest BCUT2D eigenvalue weighted by atomic mass is 10.1. The van der Waals surface area contributed by atoms with Crippen molar-refractivity contribution in [2.24, 2.45) is 0 Å². The monoisotopic (exact) mass is 383 g/mol. The van der Waals surface area contributed by atoms with E-state index in [0.717, 1.165) is 40.4 Å². The van der Waals surface area contributed by atoms with Gasteiger partial charge in [-0.1, -0.05) is 36.9 Å². The Hall–Kier alpha value is -1.92. The zero-order valence-electron chi connectivity index (χ0n) is 15.0. The van der Waals surface area contributed by atoms with E-state index in [9.17, 15) is 4.79 Å². The molecule has 1 aliphatic rings. The van der Waals surface area contributed by atoms with Gasteiger partial charge in [-0.2, -0.15) is 0 Å². The van der Waals surface area contributed by atoms with Gasteiger partial charge in [0.25, 0.3) is 0 Å². The number of thioether (sulfide) groups is 1. The van der Waals surface area contributed by atoms with Gasteiger partial charge in [0.05, 0.1) is 5.75 Å². The van der Waals surface area contributed by atoms with E-state index in [1.165, 1.54) is 39.6 Å². The number of fused-ring (bicyclic) bond motifs is 3. The van der Waals surface area contributed by atoms with Crippen LogP contribution in [0.25, 0.3) is 10.2 Å². The smallest absolute Gasteiger partial charge is 0.234 e. The van der Waals surface area contributed by atoms with Crippen LogP contribution >= 0.6 is 23.1 Å². The van der Waals surface area contributed by atoms with Gasteiger partial charge in [0.1, 0.15) is 16.2 Å². The molecule has 1 aromatic carbocycles. The number of nitrogens with one attached hydrogen (secondary N) is 1. The minimum absolute atomic E-state index is 0.0117. The topological polar surface area (TPSA) is 54.9 Å². The highest BCUT2D eigenvalue weighted by Gasteiger charge is 2.21. The second-order valence-electron chi connectivity index (χ2n) is 6.52. The predicted molar refractivity (Wildman–Crippen MR) is 109 cm³/mol. The fraction of sp³-hybridized carbons (Fsp3) is 0.350. The van der Waals surface area contributed by atoms with E-state index < -0.39 is 0 Å². The van der Waals surface area contributed by atoms with Crippen LogP contribution < -0.4 is 5.32 Å². The summed E-state index contributed by atoms with van der Waals surface area (Å²) in [4.78, 5) is 23.9. The van der Waals surface area contributed by atoms with Gasteiger partial charge in [-0.3, -0.25) is 4.79 Å². The Morgan fingerprint density at radius 1 is 1.31 bits per heavy atom. The van der Waals surface area contributed by atoms with Crippen LogP contribution in [-0.2, 0) is 24.1 Å². The van der Waals surface area contributed by atoms with Gasteiger partial charge >= 0.3 is 0 Å². The molecule has 1 amide bonds. The second kappa shape index (κ2) is 7.37. The van der Waals surface area contributed by atoms with E-state index in [4.69, 9.17) is 0 Å². The van der Waals surface area contributed by atoms with Crippen molar-refractivity contribution in [1.82, 2.24) is 9.97 Å². The number of carbonyl (C=O) groups excluding carboxylic acids is 1. The summed E-state index contributed by atoms with van der Waals surface area (Å²) >= 11 is 3.29. The van der Waals surface area contributed by atoms with Gasteiger partial charge < -0.3 is 5.32 Å². The first-order chi connectivity index (χ1) is 12.7. The number of rotatable bonds is 5. The molecule has 2 heterocycles. The van der Waals surface area contributed by atoms with Crippen LogP contribution in [0.15, 0.2) is 29.6 Å². The molecule has 0 aliphatic heterocycles. The Labute approximate surface area is 161 Å². The maximum absolute atomic E-state index is 12.5. The number of aryl methyl sites for hydroxylation is 4. The van der Waals surface area contributed by atoms with E-state index in [1.54, 1.807) is 17.7 Å². The first kappa shape index (κ1) is 17.5. The third-order valence-corrected chi connectivity index (χ3v) is 7.00. The molecule has 0 radical (unpaired) electrons. The minimum atomic E-state index is 0.0117. The van der Waals surface area contributed by atoms with Crippen LogP contribution in [0, 0.1) is 6.92 Å². The average molecular weight is 384 g/mol. The molecule has 26 heavy (non-hydrogen) atoms. The highest BCUT2D eigenvalue weighted by atomic mass is 32.2. The van der Waals surface area contributed by atoms with Gasteiger partial charge in [-0.05, 0) is 49.3 Å². The third-order valence-electron chi connectivity index (χ3n) is 4.81. The summed E-state index contributed by atoms with van der Waals surface area (Å²) in [7, 11) is 0. The summed E-state index contributed by atoms with van der Waals surface area (Å²) < 4.78 is 0. The Morgan fingerprint density at radius 3 is 3.04 bits per heavy atom. The third kappa shape index (κ3) is 3.23. The van der Waals surface area contributed by atoms with Gasteiger partial charge in [0.15, 0.2) is 0 Å². The number of thiophene rings is 1. The predicted octanol–water partition coefficient (Wildman–Crippen LogP) is 4.78. The lowest BCUT2D eigenvalue weighted by molar-refractivity contribution is -0.113. The molecule has 6 heteroatoms. The molecule has 0 unspecified atom stereocenters. The molecule has 4 rings (SSSR count). The van der Waals surface area contributed by atoms with E-state index in [-0.39, 0.29) is 5.91 Å². The molecule has 3 aromatic rings. The van der Waals surface area contributed by atoms with Gasteiger partial charge in [-0.25, -0.2) is 9.97 Å². The van der Waals surface area contributed by atoms with Crippen LogP contribution in [0.5, 0.6) is 0 Å². The van der Waals surface area contributed by atoms with Crippen molar-refractivity contribution in [3.05, 3.63) is 46.1 Å². The van der Waals surface area contributed by atoms with Crippen molar-refractivity contribution in [3.63, 3.8) is 0 Å². The zero-order chi connectivity index (χ0) is 18.1. The molecule has 134 valence electrons. The number of hydrogen-bond acceptors (Lipinski definition) is 5. The number of amides is 1. The highest BCUT2D eigenvalue weighted by molar-refractivity contribution is 8.00. The fourth-order valence-corrected chi connectivity index (χ4v) is 5.64. The molecule has 2 aromatic heterocycles. The lowest BCUT2D eigenvalue weighted by Gasteiger charge is -2.13. The van der Waals surface area contributed by atoms with Crippen molar-refractivity contribution < 1.29 is 4.79 Å². The van der Waals surface area contributed by atoms with E-state index >= 15 is 0 Å². The number of para-hydroxylation sites is 1. The zero-order valence-corrected chi connectivity index (χ0v) is 16.6. The molecule has 0 saturated carbocycles. The van der Waals surface area contributed by atoms with E-state index in [0.29, 0.717) is 5.75 Å². The molecule has 0 atom stereocenters. The molecule has 4 nitrogen and oxygen atoms in total. The molecule has 0 fully saturated rings. The molecule has 1 N–H and O–H groups in total. The van der Waals surface area contributed by atoms with Crippen molar-refractivity contribution in [2.45, 2.75) is 44.6 Å². The van der Waals surface area contributed by atoms with Crippen molar-refractivity contribution in [1.29, 1.82) is 0 Å². The number of nitrogens with zero attached hydrogens (tertiary/aromatic N) is 2. The number of anilines is 1. The lowest BCUT2D eigenvalue weighted by Crippen LogP contribution is -2.16. The van der Waals surface area contributed by atoms with Gasteiger partial charge in [-0.15, -0.1) is 11.3 Å². The SMILES string of the molecule is CCc1cccc(C)c1NC(=O)CSc1ncnc2sc3c(c12)CCC3. The normalized spacial score (nSPS) is 13.2. The van der Waals surface area contributed by atoms with Crippen LogP contribution in [0.1, 0.15) is 34.9 Å². The van der Waals surface area contributed by atoms with Crippen molar-refractivity contribution >= 4 is 44.9 Å². The Balaban J connectivity index is 1.52. The first-order valence-electron chi connectivity index (χ1n) is 8.93. The van der Waals surface area contributed by atoms with Crippen molar-refractivity contribution in [3.8, 4) is 0 Å². The largest absolute Gasteiger partial charge is 0.325 e. The fourth-order valence-electron chi connectivity index (χ4n) is 3.52. The summed E-state index contributed by atoms with van der Waals surface area (Å²) in [5.41, 5.74) is 4.62. The van der Waals surface area contributed by atoms with E-state index in [1.807, 2.05) is 19.1 Å². The Bertz CT molecular complexity index is 981. The van der Waals surface area contributed by atoms with Crippen LogP contribution in [0.3, 0.4) is 0 Å². The average Bonchev–Trinajstić information content (AvgIpc) is 3.22. The van der Waals surface area contributed by atoms with Crippen LogP contribution in [-0.4, -0.2) is 21.6 Å². The molecular weight excluding hydrogens is 362 g/mol. The minimum Gasteiger partial charge on any atom is -0.325 e. The van der Waals surface area contributed by atoms with Crippen LogP contribution in [0.4, 0.5) is 5.69 Å². The molecule has 0 bridgehead atoms. The van der Waals surface area contributed by atoms with Gasteiger partial charge in [0.2, 0.25) is 5.91 Å². The molecular formula is C20H21N3OS2. The number of aromatic nitrogens is 2. The highest BCUT2D eigenvalue weighted by Crippen LogP contribution is 2.40. The Kier molecular flexibility index (Phi) is 4.96. The van der Waals surface area contributed by atoms with E-state index in [2.05, 4.69) is 28.3 Å². The summed E-state index contributed by atoms with van der Waals surface area (Å²) in [5, 5.41) is 5.20.